The summed E-state index contributed by atoms with van der Waals surface area (Å²) in [5.74, 6) is 0. The second kappa shape index (κ2) is 5.11. The molecule has 5 rings (SSSR count). The van der Waals surface area contributed by atoms with Crippen molar-refractivity contribution in [2.75, 3.05) is 0 Å². The lowest BCUT2D eigenvalue weighted by Gasteiger charge is -2.14. The standard InChI is InChI=1S/C24H24S2/c1-23(2,3)25-21-17-13-9-7-11-15(13)19-20(22(19)26-24(4,5)6)16-12-8-10-14(16)18(17)21/h7-12H,1-6H3. The Morgan fingerprint density at radius 1 is 0.500 bits per heavy atom. The van der Waals surface area contributed by atoms with E-state index in [4.69, 9.17) is 0 Å². The molecule has 0 atom stereocenters. The van der Waals surface area contributed by atoms with Gasteiger partial charge in [0.15, 0.2) is 0 Å². The number of thioether (sulfide) groups is 2. The summed E-state index contributed by atoms with van der Waals surface area (Å²) in [4.78, 5) is 3.01. The number of hydrogen-bond acceptors (Lipinski definition) is 2. The van der Waals surface area contributed by atoms with E-state index in [1.165, 1.54) is 52.9 Å². The fraction of sp³-hybridized carbons (Fsp3) is 0.333. The smallest absolute Gasteiger partial charge is 0.0248 e. The van der Waals surface area contributed by atoms with Gasteiger partial charge in [-0.15, -0.1) is 23.5 Å². The van der Waals surface area contributed by atoms with Crippen molar-refractivity contribution in [3.05, 3.63) is 36.4 Å². The van der Waals surface area contributed by atoms with Crippen LogP contribution in [0.3, 0.4) is 0 Å². The molecule has 5 aromatic rings. The normalized spacial score (nSPS) is 14.1. The molecule has 0 fully saturated rings. The molecule has 0 saturated heterocycles. The number of rotatable bonds is 2. The molecule has 132 valence electrons. The van der Waals surface area contributed by atoms with Crippen molar-refractivity contribution < 1.29 is 0 Å². The highest BCUT2D eigenvalue weighted by molar-refractivity contribution is 8.01. The van der Waals surface area contributed by atoms with E-state index in [-0.39, 0.29) is 9.49 Å². The summed E-state index contributed by atoms with van der Waals surface area (Å²) < 4.78 is 0.469. The molecule has 5 aromatic carbocycles. The van der Waals surface area contributed by atoms with E-state index in [9.17, 15) is 0 Å². The lowest BCUT2D eigenvalue weighted by atomic mass is 10.2. The highest BCUT2D eigenvalue weighted by Gasteiger charge is 2.31. The third-order valence-corrected chi connectivity index (χ3v) is 7.26. The van der Waals surface area contributed by atoms with Crippen molar-refractivity contribution in [1.29, 1.82) is 0 Å². The molecular formula is C24H24S2. The molecule has 0 aromatic heterocycles. The van der Waals surface area contributed by atoms with Crippen LogP contribution in [-0.2, 0) is 0 Å². The zero-order valence-corrected chi connectivity index (χ0v) is 17.9. The molecule has 0 N–H and O–H groups in total. The Hall–Kier alpha value is -1.38. The highest BCUT2D eigenvalue weighted by Crippen LogP contribution is 2.58. The van der Waals surface area contributed by atoms with E-state index < -0.39 is 0 Å². The fourth-order valence-electron chi connectivity index (χ4n) is 3.90. The average Bonchev–Trinajstić information content (AvgIpc) is 3.16. The minimum atomic E-state index is 0.235. The average molecular weight is 377 g/mol. The molecule has 0 unspecified atom stereocenters. The van der Waals surface area contributed by atoms with Gasteiger partial charge in [-0.25, -0.2) is 0 Å². The Kier molecular flexibility index (Phi) is 3.30. The van der Waals surface area contributed by atoms with Crippen LogP contribution in [0.5, 0.6) is 0 Å². The SMILES string of the molecule is CC(C)(C)Sc1c2c3cccc3c3c(SC(C)(C)C)c3c3cccc3c12. The van der Waals surface area contributed by atoms with Crippen molar-refractivity contribution in [2.45, 2.75) is 60.8 Å². The van der Waals surface area contributed by atoms with Crippen LogP contribution in [0.15, 0.2) is 46.2 Å². The lowest BCUT2D eigenvalue weighted by molar-refractivity contribution is 0.804. The Labute approximate surface area is 163 Å². The predicted molar refractivity (Wildman–Crippen MR) is 121 cm³/mol. The molecular weight excluding hydrogens is 352 g/mol. The van der Waals surface area contributed by atoms with Gasteiger partial charge >= 0.3 is 0 Å². The van der Waals surface area contributed by atoms with Crippen molar-refractivity contribution in [1.82, 2.24) is 0 Å². The van der Waals surface area contributed by atoms with Crippen LogP contribution in [0.25, 0.3) is 43.1 Å². The van der Waals surface area contributed by atoms with Crippen LogP contribution in [0.2, 0.25) is 0 Å². The highest BCUT2D eigenvalue weighted by atomic mass is 32.2. The van der Waals surface area contributed by atoms with Gasteiger partial charge in [-0.1, -0.05) is 77.9 Å². The molecule has 0 radical (unpaired) electrons. The molecule has 2 heteroatoms. The first kappa shape index (κ1) is 16.8. The van der Waals surface area contributed by atoms with Crippen molar-refractivity contribution in [2.24, 2.45) is 0 Å². The first-order valence-corrected chi connectivity index (χ1v) is 10.9. The first-order chi connectivity index (χ1) is 12.2. The minimum Gasteiger partial charge on any atom is -0.119 e. The quantitative estimate of drug-likeness (QED) is 0.284. The van der Waals surface area contributed by atoms with Gasteiger partial charge in [-0.2, -0.15) is 0 Å². The summed E-state index contributed by atoms with van der Waals surface area (Å²) >= 11 is 4.04. The summed E-state index contributed by atoms with van der Waals surface area (Å²) in [5.41, 5.74) is 0. The second-order valence-corrected chi connectivity index (χ2v) is 13.0. The van der Waals surface area contributed by atoms with E-state index in [1.54, 1.807) is 0 Å². The molecule has 0 bridgehead atoms. The van der Waals surface area contributed by atoms with Gasteiger partial charge in [-0.05, 0) is 21.5 Å². The van der Waals surface area contributed by atoms with E-state index in [1.807, 2.05) is 23.5 Å². The maximum atomic E-state index is 2.32. The fourth-order valence-corrected chi connectivity index (χ4v) is 6.28. The van der Waals surface area contributed by atoms with Crippen LogP contribution in [-0.4, -0.2) is 9.49 Å². The monoisotopic (exact) mass is 376 g/mol. The molecule has 0 amide bonds. The molecule has 0 nitrogen and oxygen atoms in total. The van der Waals surface area contributed by atoms with Gasteiger partial charge in [0, 0.05) is 40.8 Å². The van der Waals surface area contributed by atoms with Gasteiger partial charge in [0.05, 0.1) is 0 Å². The van der Waals surface area contributed by atoms with Crippen molar-refractivity contribution in [3.63, 3.8) is 0 Å². The van der Waals surface area contributed by atoms with Crippen molar-refractivity contribution >= 4 is 66.6 Å². The molecule has 0 heterocycles. The van der Waals surface area contributed by atoms with Gasteiger partial charge in [0.2, 0.25) is 0 Å². The molecule has 0 aliphatic carbocycles. The van der Waals surface area contributed by atoms with E-state index in [0.29, 0.717) is 0 Å². The third kappa shape index (κ3) is 2.53. The largest absolute Gasteiger partial charge is 0.119 e. The van der Waals surface area contributed by atoms with Crippen LogP contribution in [0.1, 0.15) is 41.5 Å². The van der Waals surface area contributed by atoms with Crippen LogP contribution >= 0.6 is 23.5 Å². The molecule has 0 aliphatic rings. The molecule has 0 saturated carbocycles. The van der Waals surface area contributed by atoms with Crippen molar-refractivity contribution in [3.8, 4) is 0 Å². The summed E-state index contributed by atoms with van der Waals surface area (Å²) in [7, 11) is 0. The van der Waals surface area contributed by atoms with Gasteiger partial charge < -0.3 is 0 Å². The zero-order chi connectivity index (χ0) is 18.4. The summed E-state index contributed by atoms with van der Waals surface area (Å²) in [6.07, 6.45) is 0. The van der Waals surface area contributed by atoms with Crippen LogP contribution in [0.4, 0.5) is 0 Å². The number of hydrogen-bond donors (Lipinski definition) is 0. The summed E-state index contributed by atoms with van der Waals surface area (Å²) in [6, 6.07) is 13.7. The summed E-state index contributed by atoms with van der Waals surface area (Å²) in [5, 5.41) is 11.7. The van der Waals surface area contributed by atoms with E-state index in [2.05, 4.69) is 77.9 Å². The molecule has 26 heavy (non-hydrogen) atoms. The van der Waals surface area contributed by atoms with E-state index in [0.717, 1.165) is 0 Å². The molecule has 0 aliphatic heterocycles. The Balaban J connectivity index is 1.87. The van der Waals surface area contributed by atoms with Gasteiger partial charge in [0.25, 0.3) is 0 Å². The third-order valence-electron chi connectivity index (χ3n) is 4.81. The lowest BCUT2D eigenvalue weighted by Crippen LogP contribution is -2.05. The second-order valence-electron chi connectivity index (χ2n) is 9.29. The van der Waals surface area contributed by atoms with Crippen LogP contribution < -0.4 is 0 Å². The van der Waals surface area contributed by atoms with Crippen LogP contribution in [0, 0.1) is 0 Å². The Bertz CT molecular complexity index is 1060. The van der Waals surface area contributed by atoms with E-state index >= 15 is 0 Å². The Morgan fingerprint density at radius 2 is 0.769 bits per heavy atom. The van der Waals surface area contributed by atoms with Gasteiger partial charge in [-0.3, -0.25) is 0 Å². The maximum Gasteiger partial charge on any atom is 0.0248 e. The minimum absolute atomic E-state index is 0.235. The maximum absolute atomic E-state index is 2.32. The Morgan fingerprint density at radius 3 is 1.00 bits per heavy atom. The molecule has 0 spiro atoms. The van der Waals surface area contributed by atoms with Gasteiger partial charge in [0.1, 0.15) is 0 Å². The first-order valence-electron chi connectivity index (χ1n) is 9.30. The summed E-state index contributed by atoms with van der Waals surface area (Å²) in [6.45, 7) is 13.8. The number of fused-ring (bicyclic) bond motifs is 8. The topological polar surface area (TPSA) is 0 Å². The zero-order valence-electron chi connectivity index (χ0n) is 16.3. The predicted octanol–water partition coefficient (Wildman–Crippen LogP) is 8.39.